The number of hydrogen-bond donors (Lipinski definition) is 1. The molecule has 3 rings (SSSR count). The van der Waals surface area contributed by atoms with Crippen molar-refractivity contribution in [3.8, 4) is 0 Å². The lowest BCUT2D eigenvalue weighted by Gasteiger charge is -2.33. The maximum Gasteiger partial charge on any atom is 0.288 e. The molecule has 0 atom stereocenters. The summed E-state index contributed by atoms with van der Waals surface area (Å²) in [7, 11) is -3.58. The van der Waals surface area contributed by atoms with Crippen molar-refractivity contribution in [1.82, 2.24) is 9.21 Å². The van der Waals surface area contributed by atoms with Crippen LogP contribution < -0.4 is 5.32 Å². The number of anilines is 1. The Balaban J connectivity index is 1.52. The van der Waals surface area contributed by atoms with Crippen molar-refractivity contribution in [1.29, 1.82) is 0 Å². The number of nitrogens with one attached hydrogen (secondary N) is 1. The molecule has 1 aliphatic heterocycles. The second kappa shape index (κ2) is 10.1. The average molecular weight is 470 g/mol. The van der Waals surface area contributed by atoms with Crippen molar-refractivity contribution < 1.29 is 22.0 Å². The van der Waals surface area contributed by atoms with Crippen LogP contribution in [-0.2, 0) is 14.8 Å². The monoisotopic (exact) mass is 469 g/mol. The molecule has 1 saturated heterocycles. The molecule has 1 fully saturated rings. The topological polar surface area (TPSA) is 69.7 Å². The summed E-state index contributed by atoms with van der Waals surface area (Å²) in [6.45, 7) is 5.28. The van der Waals surface area contributed by atoms with E-state index in [-0.39, 0.29) is 12.5 Å². The van der Waals surface area contributed by atoms with Crippen LogP contribution in [0.25, 0.3) is 0 Å². The Hall–Kier alpha value is -2.01. The fourth-order valence-corrected chi connectivity index (χ4v) is 5.61. The Kier molecular flexibility index (Phi) is 7.68. The summed E-state index contributed by atoms with van der Waals surface area (Å²) in [6, 6.07) is 11.6. The molecular formula is C21H25F2N3O3S2. The van der Waals surface area contributed by atoms with Crippen molar-refractivity contribution in [2.45, 2.75) is 29.4 Å². The summed E-state index contributed by atoms with van der Waals surface area (Å²) >= 11 is 0.448. The van der Waals surface area contributed by atoms with Crippen LogP contribution in [0, 0.1) is 13.8 Å². The van der Waals surface area contributed by atoms with E-state index in [4.69, 9.17) is 0 Å². The zero-order valence-electron chi connectivity index (χ0n) is 17.3. The van der Waals surface area contributed by atoms with Gasteiger partial charge in [0.1, 0.15) is 0 Å². The van der Waals surface area contributed by atoms with E-state index in [1.165, 1.54) is 16.4 Å². The van der Waals surface area contributed by atoms with Gasteiger partial charge < -0.3 is 5.32 Å². The van der Waals surface area contributed by atoms with Gasteiger partial charge >= 0.3 is 0 Å². The van der Waals surface area contributed by atoms with Gasteiger partial charge in [-0.3, -0.25) is 9.69 Å². The maximum atomic E-state index is 13.0. The van der Waals surface area contributed by atoms with E-state index >= 15 is 0 Å². The second-order valence-corrected chi connectivity index (χ2v) is 10.4. The minimum absolute atomic E-state index is 0.130. The average Bonchev–Trinajstić information content (AvgIpc) is 2.71. The quantitative estimate of drug-likeness (QED) is 0.628. The zero-order valence-corrected chi connectivity index (χ0v) is 19.0. The fraction of sp³-hybridized carbons (Fsp3) is 0.381. The lowest BCUT2D eigenvalue weighted by molar-refractivity contribution is -0.117. The van der Waals surface area contributed by atoms with E-state index in [0.29, 0.717) is 59.0 Å². The third-order valence-corrected chi connectivity index (χ3v) is 7.79. The molecule has 2 aromatic rings. The van der Waals surface area contributed by atoms with Crippen molar-refractivity contribution in [3.63, 3.8) is 0 Å². The van der Waals surface area contributed by atoms with Crippen LogP contribution in [0.4, 0.5) is 14.5 Å². The molecule has 0 bridgehead atoms. The summed E-state index contributed by atoms with van der Waals surface area (Å²) in [6.07, 6.45) is 0. The van der Waals surface area contributed by atoms with Crippen LogP contribution in [0.5, 0.6) is 0 Å². The van der Waals surface area contributed by atoms with Crippen LogP contribution in [0.15, 0.2) is 52.3 Å². The lowest BCUT2D eigenvalue weighted by atomic mass is 10.2. The Morgan fingerprint density at radius 1 is 1.06 bits per heavy atom. The first-order chi connectivity index (χ1) is 14.6. The van der Waals surface area contributed by atoms with Crippen molar-refractivity contribution in [2.24, 2.45) is 0 Å². The first kappa shape index (κ1) is 23.6. The van der Waals surface area contributed by atoms with Gasteiger partial charge in [0, 0.05) is 36.8 Å². The summed E-state index contributed by atoms with van der Waals surface area (Å²) in [5.41, 5.74) is 2.13. The Labute approximate surface area is 185 Å². The molecule has 0 saturated carbocycles. The van der Waals surface area contributed by atoms with Crippen LogP contribution in [0.3, 0.4) is 0 Å². The Morgan fingerprint density at radius 2 is 1.71 bits per heavy atom. The van der Waals surface area contributed by atoms with Crippen molar-refractivity contribution in [2.75, 3.05) is 38.0 Å². The molecule has 1 amide bonds. The van der Waals surface area contributed by atoms with Gasteiger partial charge in [-0.15, -0.1) is 0 Å². The number of hydrogen-bond acceptors (Lipinski definition) is 5. The molecule has 1 N–H and O–H groups in total. The number of amides is 1. The number of halogens is 2. The van der Waals surface area contributed by atoms with Crippen molar-refractivity contribution in [3.05, 3.63) is 53.6 Å². The van der Waals surface area contributed by atoms with Crippen LogP contribution in [0.1, 0.15) is 11.1 Å². The molecule has 2 aromatic carbocycles. The SMILES string of the molecule is Cc1ccc(C)c(S(=O)(=O)N2CCN(CC(=O)Nc3ccc(SC(F)F)cc3)CC2)c1. The van der Waals surface area contributed by atoms with Gasteiger partial charge in [0.05, 0.1) is 11.4 Å². The van der Waals surface area contributed by atoms with E-state index in [0.717, 1.165) is 5.56 Å². The van der Waals surface area contributed by atoms with E-state index in [1.54, 1.807) is 25.1 Å². The number of sulfonamides is 1. The second-order valence-electron chi connectivity index (χ2n) is 7.40. The molecule has 6 nitrogen and oxygen atoms in total. The molecule has 0 spiro atoms. The largest absolute Gasteiger partial charge is 0.325 e. The third kappa shape index (κ3) is 6.25. The molecule has 1 heterocycles. The van der Waals surface area contributed by atoms with Crippen LogP contribution >= 0.6 is 11.8 Å². The first-order valence-electron chi connectivity index (χ1n) is 9.79. The zero-order chi connectivity index (χ0) is 22.6. The lowest BCUT2D eigenvalue weighted by Crippen LogP contribution is -2.50. The highest BCUT2D eigenvalue weighted by molar-refractivity contribution is 7.99. The van der Waals surface area contributed by atoms with Gasteiger partial charge in [0.25, 0.3) is 5.76 Å². The molecule has 0 radical (unpaired) electrons. The molecule has 31 heavy (non-hydrogen) atoms. The molecule has 1 aliphatic rings. The number of piperazine rings is 1. The highest BCUT2D eigenvalue weighted by Gasteiger charge is 2.30. The fourth-order valence-electron chi connectivity index (χ4n) is 3.38. The predicted octanol–water partition coefficient (Wildman–Crippen LogP) is 3.56. The van der Waals surface area contributed by atoms with Gasteiger partial charge in [-0.25, -0.2) is 8.42 Å². The molecule has 0 unspecified atom stereocenters. The number of carbonyl (C=O) groups is 1. The summed E-state index contributed by atoms with van der Waals surface area (Å²) in [5.74, 6) is -2.72. The standard InChI is InChI=1S/C21H25F2N3O3S2/c1-15-3-4-16(2)19(13-15)31(28,29)26-11-9-25(10-12-26)14-20(27)24-17-5-7-18(8-6-17)30-21(22)23/h3-8,13,21H,9-12,14H2,1-2H3,(H,24,27). The van der Waals surface area contributed by atoms with Crippen molar-refractivity contribution >= 4 is 33.4 Å². The van der Waals surface area contributed by atoms with Gasteiger partial charge in [-0.05, 0) is 55.3 Å². The minimum Gasteiger partial charge on any atom is -0.325 e. The van der Waals surface area contributed by atoms with Gasteiger partial charge in [0.2, 0.25) is 15.9 Å². The number of carbonyl (C=O) groups excluding carboxylic acids is 1. The summed E-state index contributed by atoms with van der Waals surface area (Å²) in [4.78, 5) is 15.0. The number of nitrogens with zero attached hydrogens (tertiary/aromatic N) is 2. The highest BCUT2D eigenvalue weighted by Crippen LogP contribution is 2.26. The number of aryl methyl sites for hydroxylation is 2. The molecular weight excluding hydrogens is 444 g/mol. The van der Waals surface area contributed by atoms with Gasteiger partial charge in [0.15, 0.2) is 0 Å². The molecule has 10 heteroatoms. The van der Waals surface area contributed by atoms with E-state index in [9.17, 15) is 22.0 Å². The maximum absolute atomic E-state index is 13.0. The molecule has 168 valence electrons. The number of benzene rings is 2. The third-order valence-electron chi connectivity index (χ3n) is 5.02. The van der Waals surface area contributed by atoms with E-state index in [1.807, 2.05) is 24.0 Å². The normalized spacial score (nSPS) is 15.9. The number of alkyl halides is 2. The molecule has 0 aliphatic carbocycles. The first-order valence-corrected chi connectivity index (χ1v) is 12.1. The van der Waals surface area contributed by atoms with Gasteiger partial charge in [-0.1, -0.05) is 23.9 Å². The van der Waals surface area contributed by atoms with E-state index in [2.05, 4.69) is 5.32 Å². The Morgan fingerprint density at radius 3 is 2.32 bits per heavy atom. The molecule has 0 aromatic heterocycles. The number of rotatable bonds is 7. The number of thioether (sulfide) groups is 1. The highest BCUT2D eigenvalue weighted by atomic mass is 32.2. The van der Waals surface area contributed by atoms with Gasteiger partial charge in [-0.2, -0.15) is 13.1 Å². The van der Waals surface area contributed by atoms with Crippen LogP contribution in [0.2, 0.25) is 0 Å². The summed E-state index contributed by atoms with van der Waals surface area (Å²) in [5, 5.41) is 2.74. The smallest absolute Gasteiger partial charge is 0.288 e. The predicted molar refractivity (Wildman–Crippen MR) is 118 cm³/mol. The Bertz CT molecular complexity index is 1020. The summed E-state index contributed by atoms with van der Waals surface area (Å²) < 4.78 is 52.2. The van der Waals surface area contributed by atoms with E-state index < -0.39 is 15.8 Å². The van der Waals surface area contributed by atoms with Crippen LogP contribution in [-0.4, -0.2) is 62.0 Å². The minimum atomic E-state index is -3.58.